The molecule has 0 aliphatic rings. The molecular weight excluding hydrogens is 302 g/mol. The Hall–Kier alpha value is -2.11. The second kappa shape index (κ2) is 7.77. The quantitative estimate of drug-likeness (QED) is 0.771. The second-order valence-corrected chi connectivity index (χ2v) is 5.18. The minimum absolute atomic E-state index is 0.0583. The standard InChI is InChI=1S/C16H18ClN3O2/c1-2-3-4-16(22)18-15-11-14(19-20(15)9-10-21)12-5-7-13(17)8-6-12/h2,5-8,11,21H,1,3-4,9-10H2,(H,18,22). The van der Waals surface area contributed by atoms with Crippen LogP contribution in [0.3, 0.4) is 0 Å². The molecule has 0 bridgehead atoms. The fourth-order valence-electron chi connectivity index (χ4n) is 1.98. The maximum atomic E-state index is 11.8. The molecule has 0 aliphatic carbocycles. The van der Waals surface area contributed by atoms with Crippen LogP contribution in [0, 0.1) is 0 Å². The van der Waals surface area contributed by atoms with Crippen molar-refractivity contribution in [2.24, 2.45) is 0 Å². The Morgan fingerprint density at radius 2 is 2.14 bits per heavy atom. The number of rotatable bonds is 7. The Bertz CT molecular complexity index is 650. The van der Waals surface area contributed by atoms with E-state index < -0.39 is 0 Å². The summed E-state index contributed by atoms with van der Waals surface area (Å²) in [5.41, 5.74) is 1.60. The number of allylic oxidation sites excluding steroid dienone is 1. The largest absolute Gasteiger partial charge is 0.394 e. The van der Waals surface area contributed by atoms with Crippen molar-refractivity contribution in [1.29, 1.82) is 0 Å². The summed E-state index contributed by atoms with van der Waals surface area (Å²) in [5, 5.41) is 17.0. The Kier molecular flexibility index (Phi) is 5.75. The lowest BCUT2D eigenvalue weighted by atomic mass is 10.1. The maximum Gasteiger partial charge on any atom is 0.225 e. The van der Waals surface area contributed by atoms with Gasteiger partial charge >= 0.3 is 0 Å². The van der Waals surface area contributed by atoms with Crippen LogP contribution < -0.4 is 5.32 Å². The number of anilines is 1. The normalized spacial score (nSPS) is 10.5. The number of aliphatic hydroxyl groups excluding tert-OH is 1. The summed E-state index contributed by atoms with van der Waals surface area (Å²) in [4.78, 5) is 11.8. The maximum absolute atomic E-state index is 11.8. The van der Waals surface area contributed by atoms with Gasteiger partial charge in [0, 0.05) is 23.1 Å². The summed E-state index contributed by atoms with van der Waals surface area (Å²) in [6, 6.07) is 9.06. The summed E-state index contributed by atoms with van der Waals surface area (Å²) in [5.74, 6) is 0.453. The first-order chi connectivity index (χ1) is 10.6. The average molecular weight is 320 g/mol. The highest BCUT2D eigenvalue weighted by Gasteiger charge is 2.11. The van der Waals surface area contributed by atoms with Gasteiger partial charge in [-0.05, 0) is 18.6 Å². The van der Waals surface area contributed by atoms with Gasteiger partial charge in [-0.1, -0.05) is 29.8 Å². The van der Waals surface area contributed by atoms with Gasteiger partial charge in [-0.15, -0.1) is 6.58 Å². The van der Waals surface area contributed by atoms with Crippen LogP contribution in [0.1, 0.15) is 12.8 Å². The lowest BCUT2D eigenvalue weighted by Gasteiger charge is -2.06. The average Bonchev–Trinajstić information content (AvgIpc) is 2.89. The van der Waals surface area contributed by atoms with E-state index in [4.69, 9.17) is 16.7 Å². The first kappa shape index (κ1) is 16.3. The van der Waals surface area contributed by atoms with Crippen molar-refractivity contribution < 1.29 is 9.90 Å². The van der Waals surface area contributed by atoms with Crippen molar-refractivity contribution in [2.45, 2.75) is 19.4 Å². The third-order valence-electron chi connectivity index (χ3n) is 3.07. The fraction of sp³-hybridized carbons (Fsp3) is 0.250. The van der Waals surface area contributed by atoms with Crippen LogP contribution in [0.5, 0.6) is 0 Å². The van der Waals surface area contributed by atoms with E-state index in [2.05, 4.69) is 17.0 Å². The highest BCUT2D eigenvalue weighted by molar-refractivity contribution is 6.30. The number of aliphatic hydroxyl groups is 1. The van der Waals surface area contributed by atoms with Gasteiger partial charge in [-0.25, -0.2) is 4.68 Å². The molecule has 0 aliphatic heterocycles. The number of hydrogen-bond acceptors (Lipinski definition) is 3. The molecule has 1 amide bonds. The Morgan fingerprint density at radius 1 is 1.41 bits per heavy atom. The summed E-state index contributed by atoms with van der Waals surface area (Å²) in [7, 11) is 0. The number of nitrogens with zero attached hydrogens (tertiary/aromatic N) is 2. The molecule has 22 heavy (non-hydrogen) atoms. The molecule has 0 unspecified atom stereocenters. The van der Waals surface area contributed by atoms with Crippen LogP contribution in [0.4, 0.5) is 5.82 Å². The first-order valence-corrected chi connectivity index (χ1v) is 7.37. The third-order valence-corrected chi connectivity index (χ3v) is 3.33. The zero-order valence-corrected chi connectivity index (χ0v) is 12.9. The molecule has 0 saturated carbocycles. The smallest absolute Gasteiger partial charge is 0.225 e. The van der Waals surface area contributed by atoms with Crippen LogP contribution in [0.25, 0.3) is 11.3 Å². The molecule has 1 heterocycles. The summed E-state index contributed by atoms with van der Waals surface area (Å²) >= 11 is 5.88. The van der Waals surface area contributed by atoms with E-state index in [9.17, 15) is 4.79 Å². The predicted octanol–water partition coefficient (Wildman–Crippen LogP) is 3.10. The van der Waals surface area contributed by atoms with E-state index in [0.717, 1.165) is 5.56 Å². The second-order valence-electron chi connectivity index (χ2n) is 4.74. The van der Waals surface area contributed by atoms with Crippen molar-refractivity contribution in [1.82, 2.24) is 9.78 Å². The van der Waals surface area contributed by atoms with E-state index in [0.29, 0.717) is 35.9 Å². The topological polar surface area (TPSA) is 67.2 Å². The minimum atomic E-state index is -0.110. The van der Waals surface area contributed by atoms with Gasteiger partial charge in [0.1, 0.15) is 5.82 Å². The monoisotopic (exact) mass is 319 g/mol. The van der Waals surface area contributed by atoms with E-state index >= 15 is 0 Å². The number of amides is 1. The highest BCUT2D eigenvalue weighted by atomic mass is 35.5. The predicted molar refractivity (Wildman–Crippen MR) is 87.8 cm³/mol. The van der Waals surface area contributed by atoms with Crippen molar-refractivity contribution in [3.8, 4) is 11.3 Å². The van der Waals surface area contributed by atoms with Crippen molar-refractivity contribution in [3.05, 3.63) is 48.0 Å². The van der Waals surface area contributed by atoms with Crippen LogP contribution in [0.2, 0.25) is 5.02 Å². The van der Waals surface area contributed by atoms with E-state index in [1.807, 2.05) is 12.1 Å². The van der Waals surface area contributed by atoms with Crippen LogP contribution in [0.15, 0.2) is 43.0 Å². The lowest BCUT2D eigenvalue weighted by Crippen LogP contribution is -2.16. The molecule has 0 spiro atoms. The molecule has 2 rings (SSSR count). The number of benzene rings is 1. The third kappa shape index (κ3) is 4.19. The summed E-state index contributed by atoms with van der Waals surface area (Å²) in [6.45, 7) is 3.85. The van der Waals surface area contributed by atoms with Gasteiger partial charge in [-0.3, -0.25) is 4.79 Å². The first-order valence-electron chi connectivity index (χ1n) is 6.99. The molecule has 116 valence electrons. The Morgan fingerprint density at radius 3 is 2.77 bits per heavy atom. The zero-order valence-electron chi connectivity index (χ0n) is 12.1. The number of hydrogen-bond donors (Lipinski definition) is 2. The van der Waals surface area contributed by atoms with Crippen LogP contribution in [-0.2, 0) is 11.3 Å². The number of carbonyl (C=O) groups is 1. The molecule has 1 aromatic heterocycles. The highest BCUT2D eigenvalue weighted by Crippen LogP contribution is 2.23. The SMILES string of the molecule is C=CCCC(=O)Nc1cc(-c2ccc(Cl)cc2)nn1CCO. The van der Waals surface area contributed by atoms with Crippen molar-refractivity contribution >= 4 is 23.3 Å². The van der Waals surface area contributed by atoms with E-state index in [1.54, 1.807) is 29.0 Å². The molecule has 0 saturated heterocycles. The molecular formula is C16H18ClN3O2. The number of carbonyl (C=O) groups excluding carboxylic acids is 1. The number of halogens is 1. The van der Waals surface area contributed by atoms with Gasteiger partial charge in [0.15, 0.2) is 0 Å². The van der Waals surface area contributed by atoms with Gasteiger partial charge in [-0.2, -0.15) is 5.10 Å². The zero-order chi connectivity index (χ0) is 15.9. The van der Waals surface area contributed by atoms with Gasteiger partial charge in [0.25, 0.3) is 0 Å². The van der Waals surface area contributed by atoms with Crippen LogP contribution >= 0.6 is 11.6 Å². The Balaban J connectivity index is 2.23. The molecule has 5 nitrogen and oxygen atoms in total. The fourth-order valence-corrected chi connectivity index (χ4v) is 2.11. The Labute approximate surface area is 134 Å². The molecule has 0 fully saturated rings. The molecule has 1 aromatic carbocycles. The van der Waals surface area contributed by atoms with Crippen molar-refractivity contribution in [2.75, 3.05) is 11.9 Å². The molecule has 2 N–H and O–H groups in total. The van der Waals surface area contributed by atoms with Gasteiger partial charge < -0.3 is 10.4 Å². The number of nitrogens with one attached hydrogen (secondary N) is 1. The molecule has 2 aromatic rings. The lowest BCUT2D eigenvalue weighted by molar-refractivity contribution is -0.116. The van der Waals surface area contributed by atoms with E-state index in [1.165, 1.54) is 0 Å². The molecule has 0 atom stereocenters. The van der Waals surface area contributed by atoms with Crippen LogP contribution in [-0.4, -0.2) is 27.4 Å². The van der Waals surface area contributed by atoms with Gasteiger partial charge in [0.2, 0.25) is 5.91 Å². The number of aromatic nitrogens is 2. The molecule has 0 radical (unpaired) electrons. The van der Waals surface area contributed by atoms with Gasteiger partial charge in [0.05, 0.1) is 18.8 Å². The molecule has 6 heteroatoms. The van der Waals surface area contributed by atoms with E-state index in [-0.39, 0.29) is 12.5 Å². The van der Waals surface area contributed by atoms with Crippen molar-refractivity contribution in [3.63, 3.8) is 0 Å². The minimum Gasteiger partial charge on any atom is -0.394 e. The summed E-state index contributed by atoms with van der Waals surface area (Å²) in [6.07, 6.45) is 2.68. The summed E-state index contributed by atoms with van der Waals surface area (Å²) < 4.78 is 1.58.